The second kappa shape index (κ2) is 6.21. The molecule has 2 aliphatic rings. The van der Waals surface area contributed by atoms with Gasteiger partial charge in [-0.05, 0) is 43.2 Å². The number of rotatable bonds is 4. The molecule has 0 aromatic carbocycles. The van der Waals surface area contributed by atoms with Gasteiger partial charge in [0.1, 0.15) is 17.5 Å². The zero-order chi connectivity index (χ0) is 17.5. The highest BCUT2D eigenvalue weighted by molar-refractivity contribution is 5.90. The summed E-state index contributed by atoms with van der Waals surface area (Å²) in [5.41, 5.74) is 8.01. The summed E-state index contributed by atoms with van der Waals surface area (Å²) in [5.74, 6) is 1.78. The molecule has 0 radical (unpaired) electrons. The summed E-state index contributed by atoms with van der Waals surface area (Å²) in [5, 5.41) is 5.25. The van der Waals surface area contributed by atoms with Gasteiger partial charge >= 0.3 is 0 Å². The van der Waals surface area contributed by atoms with Crippen LogP contribution in [-0.2, 0) is 4.74 Å². The molecule has 1 saturated carbocycles. The summed E-state index contributed by atoms with van der Waals surface area (Å²) < 4.78 is 13.4. The molecule has 26 heavy (non-hydrogen) atoms. The fraction of sp³-hybridized carbons (Fsp3) is 0.444. The molecule has 0 unspecified atom stereocenters. The maximum absolute atomic E-state index is 6.07. The molecule has 2 fully saturated rings. The number of nitrogens with zero attached hydrogens (tertiary/aromatic N) is 5. The highest BCUT2D eigenvalue weighted by Gasteiger charge is 2.30. The van der Waals surface area contributed by atoms with Crippen LogP contribution in [0, 0.1) is 0 Å². The van der Waals surface area contributed by atoms with Crippen molar-refractivity contribution in [2.75, 3.05) is 18.9 Å². The highest BCUT2D eigenvalue weighted by Crippen LogP contribution is 2.40. The molecule has 0 spiro atoms. The SMILES string of the molecule is Nc1ncnc2c1c(Oc1cc(C3CCOCC3)ccn1)nn2C1CC1. The first kappa shape index (κ1) is 15.5. The molecule has 4 heterocycles. The molecule has 8 nitrogen and oxygen atoms in total. The Labute approximate surface area is 150 Å². The molecular formula is C18H20N6O2. The summed E-state index contributed by atoms with van der Waals surface area (Å²) >= 11 is 0. The van der Waals surface area contributed by atoms with Gasteiger partial charge in [0.05, 0.1) is 6.04 Å². The average Bonchev–Trinajstić information content (AvgIpc) is 3.46. The van der Waals surface area contributed by atoms with Crippen LogP contribution in [-0.4, -0.2) is 37.9 Å². The zero-order valence-electron chi connectivity index (χ0n) is 14.3. The first-order valence-electron chi connectivity index (χ1n) is 9.00. The summed E-state index contributed by atoms with van der Waals surface area (Å²) in [6, 6.07) is 4.39. The van der Waals surface area contributed by atoms with Crippen molar-refractivity contribution in [3.05, 3.63) is 30.2 Å². The molecular weight excluding hydrogens is 332 g/mol. The lowest BCUT2D eigenvalue weighted by molar-refractivity contribution is 0.0853. The number of aromatic nitrogens is 5. The van der Waals surface area contributed by atoms with Crippen molar-refractivity contribution >= 4 is 16.9 Å². The van der Waals surface area contributed by atoms with Crippen LogP contribution in [0.1, 0.15) is 43.2 Å². The average molecular weight is 352 g/mol. The van der Waals surface area contributed by atoms with Crippen LogP contribution < -0.4 is 10.5 Å². The van der Waals surface area contributed by atoms with Gasteiger partial charge in [-0.2, -0.15) is 0 Å². The zero-order valence-corrected chi connectivity index (χ0v) is 14.3. The van der Waals surface area contributed by atoms with E-state index in [9.17, 15) is 0 Å². The number of anilines is 1. The minimum Gasteiger partial charge on any atom is -0.418 e. The van der Waals surface area contributed by atoms with E-state index in [0.717, 1.165) is 44.5 Å². The van der Waals surface area contributed by atoms with Crippen molar-refractivity contribution in [1.29, 1.82) is 0 Å². The van der Waals surface area contributed by atoms with Crippen molar-refractivity contribution in [2.24, 2.45) is 0 Å². The van der Waals surface area contributed by atoms with Gasteiger partial charge in [0.15, 0.2) is 5.65 Å². The first-order chi connectivity index (χ1) is 12.8. The molecule has 1 saturated heterocycles. The number of nitrogens with two attached hydrogens (primary N) is 1. The number of nitrogen functional groups attached to an aromatic ring is 1. The Morgan fingerprint density at radius 1 is 1.12 bits per heavy atom. The van der Waals surface area contributed by atoms with E-state index in [4.69, 9.17) is 15.2 Å². The van der Waals surface area contributed by atoms with Crippen LogP contribution in [0.25, 0.3) is 11.0 Å². The van der Waals surface area contributed by atoms with E-state index in [1.807, 2.05) is 16.8 Å². The lowest BCUT2D eigenvalue weighted by Gasteiger charge is -2.22. The molecule has 0 amide bonds. The number of fused-ring (bicyclic) bond motifs is 1. The van der Waals surface area contributed by atoms with Gasteiger partial charge in [0.2, 0.25) is 5.88 Å². The van der Waals surface area contributed by atoms with Crippen LogP contribution in [0.2, 0.25) is 0 Å². The van der Waals surface area contributed by atoms with E-state index in [2.05, 4.69) is 20.1 Å². The molecule has 1 aliphatic carbocycles. The summed E-state index contributed by atoms with van der Waals surface area (Å²) in [6.07, 6.45) is 7.47. The van der Waals surface area contributed by atoms with E-state index in [-0.39, 0.29) is 0 Å². The third-order valence-electron chi connectivity index (χ3n) is 5.03. The Hall–Kier alpha value is -2.74. The number of pyridine rings is 1. The van der Waals surface area contributed by atoms with E-state index in [1.54, 1.807) is 6.20 Å². The smallest absolute Gasteiger partial charge is 0.253 e. The standard InChI is InChI=1S/C18H20N6O2/c19-16-15-17(22-10-21-16)24(13-1-2-13)23-18(15)26-14-9-12(3-6-20-14)11-4-7-25-8-5-11/h3,6,9-11,13H,1-2,4-5,7-8H2,(H2,19,21,22). The Morgan fingerprint density at radius 2 is 1.96 bits per heavy atom. The molecule has 3 aromatic rings. The fourth-order valence-electron chi connectivity index (χ4n) is 3.47. The predicted octanol–water partition coefficient (Wildman–Crippen LogP) is 2.82. The Kier molecular flexibility index (Phi) is 3.70. The van der Waals surface area contributed by atoms with E-state index < -0.39 is 0 Å². The number of ether oxygens (including phenoxy) is 2. The number of hydrogen-bond acceptors (Lipinski definition) is 7. The maximum atomic E-state index is 6.07. The lowest BCUT2D eigenvalue weighted by Crippen LogP contribution is -2.14. The van der Waals surface area contributed by atoms with Crippen molar-refractivity contribution < 1.29 is 9.47 Å². The second-order valence-electron chi connectivity index (χ2n) is 6.85. The third-order valence-corrected chi connectivity index (χ3v) is 5.03. The molecule has 3 aromatic heterocycles. The quantitative estimate of drug-likeness (QED) is 0.770. The maximum Gasteiger partial charge on any atom is 0.253 e. The molecule has 134 valence electrons. The van der Waals surface area contributed by atoms with E-state index in [1.165, 1.54) is 11.9 Å². The van der Waals surface area contributed by atoms with Crippen LogP contribution in [0.4, 0.5) is 5.82 Å². The van der Waals surface area contributed by atoms with Crippen LogP contribution in [0.5, 0.6) is 11.8 Å². The minimum atomic E-state index is 0.366. The molecule has 1 aliphatic heterocycles. The first-order valence-corrected chi connectivity index (χ1v) is 9.00. The van der Waals surface area contributed by atoms with Crippen molar-refractivity contribution in [2.45, 2.75) is 37.6 Å². The van der Waals surface area contributed by atoms with Gasteiger partial charge in [-0.25, -0.2) is 19.6 Å². The fourth-order valence-corrected chi connectivity index (χ4v) is 3.47. The van der Waals surface area contributed by atoms with Crippen LogP contribution in [0.3, 0.4) is 0 Å². The lowest BCUT2D eigenvalue weighted by atomic mass is 9.92. The largest absolute Gasteiger partial charge is 0.418 e. The predicted molar refractivity (Wildman–Crippen MR) is 95.1 cm³/mol. The van der Waals surface area contributed by atoms with Crippen molar-refractivity contribution in [3.8, 4) is 11.8 Å². The Balaban J connectivity index is 1.50. The van der Waals surface area contributed by atoms with Crippen LogP contribution >= 0.6 is 0 Å². The highest BCUT2D eigenvalue weighted by atomic mass is 16.5. The van der Waals surface area contributed by atoms with E-state index in [0.29, 0.717) is 34.9 Å². The molecule has 0 bridgehead atoms. The normalized spacial score (nSPS) is 18.3. The Bertz CT molecular complexity index is 946. The Morgan fingerprint density at radius 3 is 2.77 bits per heavy atom. The van der Waals surface area contributed by atoms with Gasteiger partial charge < -0.3 is 15.2 Å². The monoisotopic (exact) mass is 352 g/mol. The van der Waals surface area contributed by atoms with Crippen LogP contribution in [0.15, 0.2) is 24.7 Å². The van der Waals surface area contributed by atoms with Gasteiger partial charge in [0, 0.05) is 25.5 Å². The van der Waals surface area contributed by atoms with Gasteiger partial charge in [-0.3, -0.25) is 0 Å². The third kappa shape index (κ3) is 2.76. The summed E-state index contributed by atoms with van der Waals surface area (Å²) in [6.45, 7) is 1.60. The van der Waals surface area contributed by atoms with Gasteiger partial charge in [-0.15, -0.1) is 5.10 Å². The second-order valence-corrected chi connectivity index (χ2v) is 6.85. The number of hydrogen-bond donors (Lipinski definition) is 1. The molecule has 2 N–H and O–H groups in total. The molecule has 5 rings (SSSR count). The summed E-state index contributed by atoms with van der Waals surface area (Å²) in [7, 11) is 0. The van der Waals surface area contributed by atoms with Crippen molar-refractivity contribution in [1.82, 2.24) is 24.7 Å². The van der Waals surface area contributed by atoms with Crippen molar-refractivity contribution in [3.63, 3.8) is 0 Å². The summed E-state index contributed by atoms with van der Waals surface area (Å²) in [4.78, 5) is 12.8. The molecule has 8 heteroatoms. The van der Waals surface area contributed by atoms with Gasteiger partial charge in [-0.1, -0.05) is 0 Å². The minimum absolute atomic E-state index is 0.366. The van der Waals surface area contributed by atoms with Gasteiger partial charge in [0.25, 0.3) is 5.88 Å². The topological polar surface area (TPSA) is 101 Å². The van der Waals surface area contributed by atoms with E-state index >= 15 is 0 Å². The molecule has 0 atom stereocenters.